The van der Waals surface area contributed by atoms with Crippen molar-refractivity contribution in [3.8, 4) is 6.07 Å². The fraction of sp³-hybridized carbons (Fsp3) is 0.667. The number of nitriles is 1. The number of aromatic nitrogens is 1. The van der Waals surface area contributed by atoms with E-state index in [4.69, 9.17) is 10.00 Å². The van der Waals surface area contributed by atoms with Crippen molar-refractivity contribution < 1.29 is 4.74 Å². The van der Waals surface area contributed by atoms with Gasteiger partial charge in [0, 0.05) is 32.1 Å². The van der Waals surface area contributed by atoms with Crippen molar-refractivity contribution in [1.82, 2.24) is 10.3 Å². The van der Waals surface area contributed by atoms with Crippen LogP contribution in [0, 0.1) is 11.3 Å². The summed E-state index contributed by atoms with van der Waals surface area (Å²) in [6, 6.07) is 2.17. The van der Waals surface area contributed by atoms with E-state index in [1.54, 1.807) is 18.4 Å². The summed E-state index contributed by atoms with van der Waals surface area (Å²) in [5.74, 6) is 0. The first-order valence-corrected chi connectivity index (χ1v) is 6.95. The molecule has 0 spiro atoms. The van der Waals surface area contributed by atoms with E-state index in [-0.39, 0.29) is 0 Å². The van der Waals surface area contributed by atoms with Crippen molar-refractivity contribution >= 4 is 16.5 Å². The van der Waals surface area contributed by atoms with Crippen LogP contribution in [-0.4, -0.2) is 38.3 Å². The Morgan fingerprint density at radius 3 is 3.06 bits per heavy atom. The van der Waals surface area contributed by atoms with Crippen molar-refractivity contribution in [3.05, 3.63) is 11.1 Å². The Bertz CT molecular complexity index is 374. The van der Waals surface area contributed by atoms with Gasteiger partial charge in [0.05, 0.1) is 24.8 Å². The largest absolute Gasteiger partial charge is 0.383 e. The van der Waals surface area contributed by atoms with E-state index < -0.39 is 0 Å². The summed E-state index contributed by atoms with van der Waals surface area (Å²) in [6.45, 7) is 5.93. The molecule has 100 valence electrons. The summed E-state index contributed by atoms with van der Waals surface area (Å²) in [7, 11) is 1.68. The van der Waals surface area contributed by atoms with Gasteiger partial charge in [0.25, 0.3) is 0 Å². The minimum Gasteiger partial charge on any atom is -0.383 e. The molecule has 0 aliphatic rings. The Morgan fingerprint density at radius 1 is 1.56 bits per heavy atom. The van der Waals surface area contributed by atoms with Crippen molar-refractivity contribution in [3.63, 3.8) is 0 Å². The highest BCUT2D eigenvalue weighted by Crippen LogP contribution is 2.20. The number of hydrogen-bond acceptors (Lipinski definition) is 6. The minimum absolute atomic E-state index is 0.506. The smallest absolute Gasteiger partial charge is 0.185 e. The molecule has 1 aromatic rings. The predicted octanol–water partition coefficient (Wildman–Crippen LogP) is 1.62. The lowest BCUT2D eigenvalue weighted by Gasteiger charge is -2.19. The van der Waals surface area contributed by atoms with E-state index in [2.05, 4.69) is 33.6 Å². The summed E-state index contributed by atoms with van der Waals surface area (Å²) in [5.41, 5.74) is 1.05. The average Bonchev–Trinajstić information content (AvgIpc) is 2.85. The van der Waals surface area contributed by atoms with E-state index >= 15 is 0 Å². The highest BCUT2D eigenvalue weighted by molar-refractivity contribution is 7.13. The highest BCUT2D eigenvalue weighted by Gasteiger charge is 2.10. The molecule has 0 bridgehead atoms. The molecule has 1 aromatic heterocycles. The van der Waals surface area contributed by atoms with Crippen molar-refractivity contribution in [2.45, 2.75) is 19.9 Å². The quantitative estimate of drug-likeness (QED) is 0.737. The molecule has 0 amide bonds. The summed E-state index contributed by atoms with van der Waals surface area (Å²) in [6.07, 6.45) is 0.506. The summed E-state index contributed by atoms with van der Waals surface area (Å²) < 4.78 is 5.09. The second-order valence-electron chi connectivity index (χ2n) is 3.79. The molecule has 1 rings (SSSR count). The molecule has 0 aliphatic carbocycles. The van der Waals surface area contributed by atoms with Crippen LogP contribution in [0.15, 0.2) is 5.38 Å². The van der Waals surface area contributed by atoms with Crippen LogP contribution in [0.5, 0.6) is 0 Å². The molecular weight excluding hydrogens is 248 g/mol. The zero-order valence-corrected chi connectivity index (χ0v) is 11.8. The molecule has 0 fully saturated rings. The monoisotopic (exact) mass is 268 g/mol. The van der Waals surface area contributed by atoms with Gasteiger partial charge >= 0.3 is 0 Å². The third-order valence-corrected chi connectivity index (χ3v) is 3.38. The maximum absolute atomic E-state index is 8.67. The summed E-state index contributed by atoms with van der Waals surface area (Å²) >= 11 is 1.62. The Hall–Kier alpha value is -1.16. The molecule has 0 aliphatic heterocycles. The van der Waals surface area contributed by atoms with Gasteiger partial charge in [-0.25, -0.2) is 4.98 Å². The lowest BCUT2D eigenvalue weighted by atomic mass is 10.4. The molecule has 1 heterocycles. The molecule has 0 saturated heterocycles. The third kappa shape index (κ3) is 5.00. The second-order valence-corrected chi connectivity index (χ2v) is 4.63. The lowest BCUT2D eigenvalue weighted by molar-refractivity contribution is 0.205. The molecular formula is C12H20N4OS. The van der Waals surface area contributed by atoms with E-state index in [1.165, 1.54) is 0 Å². The SMILES string of the molecule is CCNCc1csc(N(CCC#N)CCOC)n1. The van der Waals surface area contributed by atoms with Crippen molar-refractivity contribution in [2.24, 2.45) is 0 Å². The molecule has 0 unspecified atom stereocenters. The molecule has 0 atom stereocenters. The Morgan fingerprint density at radius 2 is 2.39 bits per heavy atom. The molecule has 0 aromatic carbocycles. The second kappa shape index (κ2) is 8.86. The van der Waals surface area contributed by atoms with Crippen LogP contribution in [0.1, 0.15) is 19.0 Å². The Balaban J connectivity index is 2.59. The number of nitrogens with zero attached hydrogens (tertiary/aromatic N) is 3. The van der Waals surface area contributed by atoms with Crippen LogP contribution in [0.3, 0.4) is 0 Å². The van der Waals surface area contributed by atoms with Crippen LogP contribution in [0.2, 0.25) is 0 Å². The zero-order chi connectivity index (χ0) is 13.2. The first-order valence-electron chi connectivity index (χ1n) is 6.07. The van der Waals surface area contributed by atoms with Crippen LogP contribution in [0.4, 0.5) is 5.13 Å². The van der Waals surface area contributed by atoms with Crippen molar-refractivity contribution in [1.29, 1.82) is 5.26 Å². The van der Waals surface area contributed by atoms with Crippen LogP contribution in [-0.2, 0) is 11.3 Å². The average molecular weight is 268 g/mol. The zero-order valence-electron chi connectivity index (χ0n) is 11.0. The summed E-state index contributed by atoms with van der Waals surface area (Å²) in [5, 5.41) is 15.0. The van der Waals surface area contributed by atoms with Gasteiger partial charge in [-0.15, -0.1) is 11.3 Å². The Kier molecular flexibility index (Phi) is 7.34. The lowest BCUT2D eigenvalue weighted by Crippen LogP contribution is -2.28. The van der Waals surface area contributed by atoms with Crippen molar-refractivity contribution in [2.75, 3.05) is 38.3 Å². The number of thiazole rings is 1. The molecule has 6 heteroatoms. The number of hydrogen-bond donors (Lipinski definition) is 1. The van der Waals surface area contributed by atoms with Gasteiger partial charge in [-0.1, -0.05) is 6.92 Å². The molecule has 0 saturated carbocycles. The van der Waals surface area contributed by atoms with Gasteiger partial charge in [0.1, 0.15) is 0 Å². The van der Waals surface area contributed by atoms with E-state index in [1.807, 2.05) is 0 Å². The van der Waals surface area contributed by atoms with Gasteiger partial charge < -0.3 is 15.0 Å². The number of methoxy groups -OCH3 is 1. The van der Waals surface area contributed by atoms with Gasteiger partial charge in [0.15, 0.2) is 5.13 Å². The molecule has 1 N–H and O–H groups in total. The highest BCUT2D eigenvalue weighted by atomic mass is 32.1. The van der Waals surface area contributed by atoms with Crippen LogP contribution in [0.25, 0.3) is 0 Å². The standard InChI is InChI=1S/C12H20N4OS/c1-3-14-9-11-10-18-12(15-11)16(6-4-5-13)7-8-17-2/h10,14H,3-4,6-9H2,1-2H3. The van der Waals surface area contributed by atoms with Crippen LogP contribution >= 0.6 is 11.3 Å². The van der Waals surface area contributed by atoms with E-state index in [0.29, 0.717) is 19.6 Å². The topological polar surface area (TPSA) is 61.2 Å². The van der Waals surface area contributed by atoms with Gasteiger partial charge in [-0.05, 0) is 6.54 Å². The van der Waals surface area contributed by atoms with E-state index in [0.717, 1.165) is 30.5 Å². The summed E-state index contributed by atoms with van der Waals surface area (Å²) in [4.78, 5) is 6.67. The van der Waals surface area contributed by atoms with Crippen LogP contribution < -0.4 is 10.2 Å². The van der Waals surface area contributed by atoms with Gasteiger partial charge in [-0.3, -0.25) is 0 Å². The first-order chi connectivity index (χ1) is 8.81. The maximum Gasteiger partial charge on any atom is 0.185 e. The molecule has 0 radical (unpaired) electrons. The number of anilines is 1. The molecule has 5 nitrogen and oxygen atoms in total. The third-order valence-electron chi connectivity index (χ3n) is 2.43. The fourth-order valence-electron chi connectivity index (χ4n) is 1.47. The predicted molar refractivity (Wildman–Crippen MR) is 73.8 cm³/mol. The maximum atomic E-state index is 8.67. The van der Waals surface area contributed by atoms with Gasteiger partial charge in [-0.2, -0.15) is 5.26 Å². The first kappa shape index (κ1) is 14.9. The minimum atomic E-state index is 0.506. The normalized spacial score (nSPS) is 10.3. The number of rotatable bonds is 9. The van der Waals surface area contributed by atoms with E-state index in [9.17, 15) is 0 Å². The molecule has 18 heavy (non-hydrogen) atoms. The fourth-order valence-corrected chi connectivity index (χ4v) is 2.34. The number of ether oxygens (including phenoxy) is 1. The Labute approximate surface area is 112 Å². The number of nitrogens with one attached hydrogen (secondary N) is 1. The van der Waals surface area contributed by atoms with Gasteiger partial charge in [0.2, 0.25) is 0 Å².